The van der Waals surface area contributed by atoms with Gasteiger partial charge in [0.15, 0.2) is 5.13 Å². The zero-order valence-corrected chi connectivity index (χ0v) is 16.9. The fourth-order valence-electron chi connectivity index (χ4n) is 2.81. The van der Waals surface area contributed by atoms with E-state index in [9.17, 15) is 4.79 Å². The SMILES string of the molecule is O=C(Nc1nc(C=Cc2ccccc2Cl)cs1)c1cccn1Cc1ccncc1. The minimum absolute atomic E-state index is 0.194. The molecular weight excluding hydrogens is 404 g/mol. The van der Waals surface area contributed by atoms with Crippen LogP contribution in [-0.2, 0) is 6.54 Å². The molecule has 4 rings (SSSR count). The van der Waals surface area contributed by atoms with Gasteiger partial charge in [-0.2, -0.15) is 0 Å². The first-order valence-electron chi connectivity index (χ1n) is 8.92. The van der Waals surface area contributed by atoms with Gasteiger partial charge in [-0.05, 0) is 47.5 Å². The van der Waals surface area contributed by atoms with Gasteiger partial charge >= 0.3 is 0 Å². The van der Waals surface area contributed by atoms with E-state index in [4.69, 9.17) is 11.6 Å². The largest absolute Gasteiger partial charge is 0.339 e. The second-order valence-corrected chi connectivity index (χ2v) is 7.53. The van der Waals surface area contributed by atoms with Crippen molar-refractivity contribution in [1.29, 1.82) is 0 Å². The molecule has 1 amide bonds. The van der Waals surface area contributed by atoms with Gasteiger partial charge in [0.05, 0.1) is 5.69 Å². The number of nitrogens with one attached hydrogen (secondary N) is 1. The highest BCUT2D eigenvalue weighted by Crippen LogP contribution is 2.21. The average molecular weight is 421 g/mol. The van der Waals surface area contributed by atoms with Gasteiger partial charge in [0.1, 0.15) is 5.69 Å². The number of rotatable bonds is 6. The molecule has 0 unspecified atom stereocenters. The van der Waals surface area contributed by atoms with E-state index in [1.54, 1.807) is 18.5 Å². The average Bonchev–Trinajstić information content (AvgIpc) is 3.37. The predicted octanol–water partition coefficient (Wildman–Crippen LogP) is 5.46. The first-order chi connectivity index (χ1) is 14.2. The Morgan fingerprint density at radius 2 is 1.93 bits per heavy atom. The third kappa shape index (κ3) is 4.80. The topological polar surface area (TPSA) is 59.8 Å². The van der Waals surface area contributed by atoms with Crippen molar-refractivity contribution < 1.29 is 4.79 Å². The molecule has 144 valence electrons. The van der Waals surface area contributed by atoms with Crippen LogP contribution in [0.25, 0.3) is 12.2 Å². The highest BCUT2D eigenvalue weighted by molar-refractivity contribution is 7.14. The molecule has 1 N–H and O–H groups in total. The standard InChI is InChI=1S/C22H17ClN4OS/c23-19-5-2-1-4-17(19)7-8-18-15-29-22(25-18)26-21(28)20-6-3-13-27(20)14-16-9-11-24-12-10-16/h1-13,15H,14H2,(H,25,26,28). The van der Waals surface area contributed by atoms with E-state index < -0.39 is 0 Å². The van der Waals surface area contributed by atoms with Crippen molar-refractivity contribution in [3.8, 4) is 0 Å². The first-order valence-corrected chi connectivity index (χ1v) is 10.2. The lowest BCUT2D eigenvalue weighted by atomic mass is 10.2. The third-order valence-electron chi connectivity index (χ3n) is 4.25. The summed E-state index contributed by atoms with van der Waals surface area (Å²) in [5.41, 5.74) is 3.33. The molecule has 0 atom stereocenters. The van der Waals surface area contributed by atoms with Gasteiger partial charge in [0.2, 0.25) is 0 Å². The summed E-state index contributed by atoms with van der Waals surface area (Å²) in [6.45, 7) is 0.599. The molecule has 0 saturated heterocycles. The molecule has 0 saturated carbocycles. The Morgan fingerprint density at radius 1 is 1.10 bits per heavy atom. The number of halogens is 1. The fraction of sp³-hybridized carbons (Fsp3) is 0.0455. The lowest BCUT2D eigenvalue weighted by Crippen LogP contribution is -2.17. The van der Waals surface area contributed by atoms with Crippen molar-refractivity contribution in [3.63, 3.8) is 0 Å². The smallest absolute Gasteiger partial charge is 0.274 e. The maximum absolute atomic E-state index is 12.7. The maximum Gasteiger partial charge on any atom is 0.274 e. The van der Waals surface area contributed by atoms with Crippen molar-refractivity contribution in [2.24, 2.45) is 0 Å². The number of amides is 1. The number of carbonyl (C=O) groups excluding carboxylic acids is 1. The highest BCUT2D eigenvalue weighted by atomic mass is 35.5. The number of hydrogen-bond acceptors (Lipinski definition) is 4. The third-order valence-corrected chi connectivity index (χ3v) is 5.37. The van der Waals surface area contributed by atoms with Gasteiger partial charge in [-0.3, -0.25) is 15.1 Å². The summed E-state index contributed by atoms with van der Waals surface area (Å²) in [6, 6.07) is 15.1. The molecule has 4 aromatic rings. The van der Waals surface area contributed by atoms with Crippen molar-refractivity contribution in [2.75, 3.05) is 5.32 Å². The van der Waals surface area contributed by atoms with Gasteiger partial charge in [-0.15, -0.1) is 11.3 Å². The summed E-state index contributed by atoms with van der Waals surface area (Å²) in [6.07, 6.45) is 9.15. The Morgan fingerprint density at radius 3 is 2.76 bits per heavy atom. The lowest BCUT2D eigenvalue weighted by molar-refractivity contribution is 0.101. The molecule has 29 heavy (non-hydrogen) atoms. The Kier molecular flexibility index (Phi) is 5.84. The van der Waals surface area contributed by atoms with Crippen LogP contribution in [0.4, 0.5) is 5.13 Å². The lowest BCUT2D eigenvalue weighted by Gasteiger charge is -2.08. The number of benzene rings is 1. The van der Waals surface area contributed by atoms with Crippen LogP contribution in [0, 0.1) is 0 Å². The summed E-state index contributed by atoms with van der Waals surface area (Å²) in [4.78, 5) is 21.2. The number of nitrogens with zero attached hydrogens (tertiary/aromatic N) is 3. The Balaban J connectivity index is 1.44. The van der Waals surface area contributed by atoms with E-state index in [1.807, 2.05) is 70.8 Å². The zero-order chi connectivity index (χ0) is 20.1. The van der Waals surface area contributed by atoms with Crippen LogP contribution < -0.4 is 5.32 Å². The van der Waals surface area contributed by atoms with E-state index in [0.717, 1.165) is 16.8 Å². The quantitative estimate of drug-likeness (QED) is 0.450. The van der Waals surface area contributed by atoms with Crippen molar-refractivity contribution in [3.05, 3.63) is 100 Å². The van der Waals surface area contributed by atoms with Crippen LogP contribution in [-0.4, -0.2) is 20.4 Å². The molecule has 3 aromatic heterocycles. The van der Waals surface area contributed by atoms with E-state index in [2.05, 4.69) is 15.3 Å². The van der Waals surface area contributed by atoms with Crippen LogP contribution in [0.3, 0.4) is 0 Å². The number of pyridine rings is 1. The molecule has 0 aliphatic rings. The van der Waals surface area contributed by atoms with Gasteiger partial charge in [0.25, 0.3) is 5.91 Å². The van der Waals surface area contributed by atoms with Crippen LogP contribution in [0.5, 0.6) is 0 Å². The van der Waals surface area contributed by atoms with Crippen LogP contribution in [0.1, 0.15) is 27.3 Å². The van der Waals surface area contributed by atoms with Crippen molar-refractivity contribution in [1.82, 2.24) is 14.5 Å². The van der Waals surface area contributed by atoms with E-state index in [-0.39, 0.29) is 5.91 Å². The summed E-state index contributed by atoms with van der Waals surface area (Å²) in [5, 5.41) is 5.99. The highest BCUT2D eigenvalue weighted by Gasteiger charge is 2.13. The molecule has 3 heterocycles. The molecule has 1 aromatic carbocycles. The van der Waals surface area contributed by atoms with Crippen LogP contribution in [0.2, 0.25) is 5.02 Å². The molecule has 0 aliphatic heterocycles. The van der Waals surface area contributed by atoms with Crippen LogP contribution in [0.15, 0.2) is 72.5 Å². The number of anilines is 1. The van der Waals surface area contributed by atoms with E-state index in [0.29, 0.717) is 22.4 Å². The first kappa shape index (κ1) is 19.1. The number of thiazole rings is 1. The minimum Gasteiger partial charge on any atom is -0.339 e. The predicted molar refractivity (Wildman–Crippen MR) is 118 cm³/mol. The van der Waals surface area contributed by atoms with Crippen molar-refractivity contribution in [2.45, 2.75) is 6.54 Å². The van der Waals surface area contributed by atoms with Gasteiger partial charge in [-0.25, -0.2) is 4.98 Å². The Hall–Kier alpha value is -3.22. The second-order valence-electron chi connectivity index (χ2n) is 6.26. The van der Waals surface area contributed by atoms with Gasteiger partial charge < -0.3 is 4.57 Å². The minimum atomic E-state index is -0.194. The number of hydrogen-bond donors (Lipinski definition) is 1. The molecular formula is C22H17ClN4OS. The molecule has 0 fully saturated rings. The number of aromatic nitrogens is 3. The maximum atomic E-state index is 12.7. The Labute approximate surface area is 177 Å². The van der Waals surface area contributed by atoms with E-state index in [1.165, 1.54) is 11.3 Å². The molecule has 0 radical (unpaired) electrons. The van der Waals surface area contributed by atoms with Crippen LogP contribution >= 0.6 is 22.9 Å². The summed E-state index contributed by atoms with van der Waals surface area (Å²) < 4.78 is 1.90. The molecule has 0 aliphatic carbocycles. The summed E-state index contributed by atoms with van der Waals surface area (Å²) in [7, 11) is 0. The van der Waals surface area contributed by atoms with Crippen molar-refractivity contribution >= 4 is 46.1 Å². The van der Waals surface area contributed by atoms with E-state index >= 15 is 0 Å². The number of carbonyl (C=O) groups is 1. The summed E-state index contributed by atoms with van der Waals surface area (Å²) in [5.74, 6) is -0.194. The molecule has 0 spiro atoms. The second kappa shape index (κ2) is 8.86. The fourth-order valence-corrected chi connectivity index (χ4v) is 3.68. The molecule has 0 bridgehead atoms. The summed E-state index contributed by atoms with van der Waals surface area (Å²) >= 11 is 7.54. The monoisotopic (exact) mass is 420 g/mol. The Bertz CT molecular complexity index is 1150. The molecule has 7 heteroatoms. The van der Waals surface area contributed by atoms with Gasteiger partial charge in [0, 0.05) is 35.5 Å². The normalized spacial score (nSPS) is 11.1. The zero-order valence-electron chi connectivity index (χ0n) is 15.3. The molecule has 5 nitrogen and oxygen atoms in total. The van der Waals surface area contributed by atoms with Gasteiger partial charge in [-0.1, -0.05) is 35.9 Å².